The molecular formula is C22H14FN7OS. The third-order valence-corrected chi connectivity index (χ3v) is 5.68. The third-order valence-electron chi connectivity index (χ3n) is 4.73. The van der Waals surface area contributed by atoms with Crippen molar-refractivity contribution in [2.24, 2.45) is 0 Å². The van der Waals surface area contributed by atoms with Crippen molar-refractivity contribution in [3.8, 4) is 17.3 Å². The highest BCUT2D eigenvalue weighted by Crippen LogP contribution is 2.24. The van der Waals surface area contributed by atoms with Gasteiger partial charge in [-0.25, -0.2) is 8.91 Å². The fourth-order valence-electron chi connectivity index (χ4n) is 3.24. The Bertz CT molecular complexity index is 1500. The molecule has 0 unspecified atom stereocenters. The van der Waals surface area contributed by atoms with Crippen molar-refractivity contribution in [3.05, 3.63) is 78.4 Å². The first-order chi connectivity index (χ1) is 15.6. The van der Waals surface area contributed by atoms with Crippen molar-refractivity contribution < 1.29 is 9.18 Å². The number of hydrogen-bond donors (Lipinski definition) is 1. The number of aromatic nitrogens is 5. The van der Waals surface area contributed by atoms with Crippen LogP contribution in [0.25, 0.3) is 22.4 Å². The van der Waals surface area contributed by atoms with Gasteiger partial charge in [0.25, 0.3) is 0 Å². The molecule has 1 amide bonds. The number of nitrogens with zero attached hydrogens (tertiary/aromatic N) is 6. The number of hydrogen-bond acceptors (Lipinski definition) is 6. The minimum atomic E-state index is -0.305. The van der Waals surface area contributed by atoms with Crippen LogP contribution < -0.4 is 5.32 Å². The summed E-state index contributed by atoms with van der Waals surface area (Å²) in [5.41, 5.74) is 3.86. The Morgan fingerprint density at radius 3 is 2.78 bits per heavy atom. The highest BCUT2D eigenvalue weighted by Gasteiger charge is 2.14. The summed E-state index contributed by atoms with van der Waals surface area (Å²) in [5, 5.41) is 25.3. The second-order valence-electron chi connectivity index (χ2n) is 6.87. The molecule has 3 aromatic heterocycles. The molecule has 0 aliphatic heterocycles. The molecule has 0 bridgehead atoms. The van der Waals surface area contributed by atoms with E-state index in [9.17, 15) is 9.18 Å². The number of nitriles is 1. The van der Waals surface area contributed by atoms with E-state index in [0.29, 0.717) is 27.7 Å². The number of thioether (sulfide) groups is 1. The number of halogens is 1. The molecule has 10 heteroatoms. The molecule has 0 fully saturated rings. The average Bonchev–Trinajstić information content (AvgIpc) is 3.42. The number of fused-ring (bicyclic) bond motifs is 3. The van der Waals surface area contributed by atoms with E-state index in [2.05, 4.69) is 20.6 Å². The highest BCUT2D eigenvalue weighted by atomic mass is 32.2. The van der Waals surface area contributed by atoms with Gasteiger partial charge in [0.2, 0.25) is 5.91 Å². The van der Waals surface area contributed by atoms with Crippen LogP contribution in [0.1, 0.15) is 5.56 Å². The van der Waals surface area contributed by atoms with Crippen LogP contribution in [0, 0.1) is 17.1 Å². The summed E-state index contributed by atoms with van der Waals surface area (Å²) in [5.74, 6) is -0.394. The van der Waals surface area contributed by atoms with Gasteiger partial charge >= 0.3 is 0 Å². The number of anilines is 1. The first-order valence-electron chi connectivity index (χ1n) is 9.52. The Morgan fingerprint density at radius 1 is 1.12 bits per heavy atom. The molecule has 5 aromatic rings. The predicted octanol–water partition coefficient (Wildman–Crippen LogP) is 3.79. The van der Waals surface area contributed by atoms with Crippen molar-refractivity contribution in [2.75, 3.05) is 11.1 Å². The molecule has 5 rings (SSSR count). The maximum Gasteiger partial charge on any atom is 0.234 e. The molecule has 32 heavy (non-hydrogen) atoms. The summed E-state index contributed by atoms with van der Waals surface area (Å²) in [6.07, 6.45) is 3.55. The summed E-state index contributed by atoms with van der Waals surface area (Å²) >= 11 is 1.25. The van der Waals surface area contributed by atoms with Gasteiger partial charge in [-0.1, -0.05) is 17.8 Å². The van der Waals surface area contributed by atoms with E-state index in [4.69, 9.17) is 5.26 Å². The van der Waals surface area contributed by atoms with E-state index >= 15 is 0 Å². The van der Waals surface area contributed by atoms with Gasteiger partial charge in [0.1, 0.15) is 11.3 Å². The van der Waals surface area contributed by atoms with Crippen LogP contribution in [-0.4, -0.2) is 35.9 Å². The summed E-state index contributed by atoms with van der Waals surface area (Å²) in [4.78, 5) is 12.3. The normalized spacial score (nSPS) is 11.0. The van der Waals surface area contributed by atoms with Gasteiger partial charge in [-0.3, -0.25) is 9.20 Å². The first kappa shape index (κ1) is 19.7. The lowest BCUT2D eigenvalue weighted by Crippen LogP contribution is -2.14. The molecule has 1 N–H and O–H groups in total. The van der Waals surface area contributed by atoms with Crippen LogP contribution in [0.15, 0.2) is 72.1 Å². The predicted molar refractivity (Wildman–Crippen MR) is 118 cm³/mol. The number of carbonyl (C=O) groups is 1. The monoisotopic (exact) mass is 443 g/mol. The average molecular weight is 443 g/mol. The zero-order chi connectivity index (χ0) is 22.1. The van der Waals surface area contributed by atoms with Crippen LogP contribution in [0.2, 0.25) is 0 Å². The van der Waals surface area contributed by atoms with E-state index in [0.717, 1.165) is 11.1 Å². The standard InChI is InChI=1S/C22H14FN7OS/c23-16-6-4-15(5-7-16)18-11-19-21-26-27-22(29(21)8-9-30(19)28-18)32-13-20(31)25-17-3-1-2-14(10-17)12-24/h1-11H,13H2,(H,25,31). The fraction of sp³-hybridized carbons (Fsp3) is 0.0455. The van der Waals surface area contributed by atoms with Crippen molar-refractivity contribution in [1.82, 2.24) is 24.2 Å². The number of carbonyl (C=O) groups excluding carboxylic acids is 1. The molecule has 3 heterocycles. The number of benzene rings is 2. The van der Waals surface area contributed by atoms with Crippen LogP contribution in [-0.2, 0) is 4.79 Å². The zero-order valence-corrected chi connectivity index (χ0v) is 17.3. The molecule has 0 aliphatic carbocycles. The van der Waals surface area contributed by atoms with E-state index in [1.54, 1.807) is 57.7 Å². The van der Waals surface area contributed by atoms with Crippen molar-refractivity contribution >= 4 is 34.5 Å². The quantitative estimate of drug-likeness (QED) is 0.415. The second-order valence-corrected chi connectivity index (χ2v) is 7.81. The van der Waals surface area contributed by atoms with Gasteiger partial charge in [-0.2, -0.15) is 10.4 Å². The second kappa shape index (κ2) is 8.13. The number of amides is 1. The molecular weight excluding hydrogens is 429 g/mol. The van der Waals surface area contributed by atoms with E-state index in [1.807, 2.05) is 12.1 Å². The summed E-state index contributed by atoms with van der Waals surface area (Å²) < 4.78 is 16.7. The van der Waals surface area contributed by atoms with Crippen molar-refractivity contribution in [1.29, 1.82) is 5.26 Å². The number of nitrogens with one attached hydrogen (secondary N) is 1. The topological polar surface area (TPSA) is 100 Å². The van der Waals surface area contributed by atoms with E-state index in [1.165, 1.54) is 23.9 Å². The van der Waals surface area contributed by atoms with Crippen LogP contribution in [0.4, 0.5) is 10.1 Å². The summed E-state index contributed by atoms with van der Waals surface area (Å²) in [6.45, 7) is 0. The van der Waals surface area contributed by atoms with Crippen molar-refractivity contribution in [3.63, 3.8) is 0 Å². The van der Waals surface area contributed by atoms with Crippen LogP contribution in [0.3, 0.4) is 0 Å². The zero-order valence-electron chi connectivity index (χ0n) is 16.4. The molecule has 0 radical (unpaired) electrons. The molecule has 0 saturated heterocycles. The third kappa shape index (κ3) is 3.77. The fourth-order valence-corrected chi connectivity index (χ4v) is 3.96. The van der Waals surface area contributed by atoms with Crippen LogP contribution in [0.5, 0.6) is 0 Å². The van der Waals surface area contributed by atoms with Gasteiger partial charge in [0.05, 0.1) is 23.1 Å². The van der Waals surface area contributed by atoms with Crippen molar-refractivity contribution in [2.45, 2.75) is 5.16 Å². The van der Waals surface area contributed by atoms with Gasteiger partial charge in [-0.05, 0) is 48.5 Å². The minimum absolute atomic E-state index is 0.128. The SMILES string of the molecule is N#Cc1cccc(NC(=O)CSc2nnc3c4cc(-c5ccc(F)cc5)nn4ccn23)c1. The van der Waals surface area contributed by atoms with Gasteiger partial charge in [0, 0.05) is 23.6 Å². The maximum absolute atomic E-state index is 13.2. The Kier molecular flexibility index (Phi) is 5.01. The Labute approximate surface area is 185 Å². The van der Waals surface area contributed by atoms with Gasteiger partial charge < -0.3 is 5.32 Å². The lowest BCUT2D eigenvalue weighted by atomic mass is 10.1. The Morgan fingerprint density at radius 2 is 1.97 bits per heavy atom. The summed E-state index contributed by atoms with van der Waals surface area (Å²) in [7, 11) is 0. The smallest absolute Gasteiger partial charge is 0.234 e. The minimum Gasteiger partial charge on any atom is -0.325 e. The first-order valence-corrected chi connectivity index (χ1v) is 10.5. The molecule has 156 valence electrons. The van der Waals surface area contributed by atoms with Crippen LogP contribution >= 0.6 is 11.8 Å². The lowest BCUT2D eigenvalue weighted by molar-refractivity contribution is -0.113. The molecule has 0 atom stereocenters. The largest absolute Gasteiger partial charge is 0.325 e. The molecule has 0 aliphatic rings. The summed E-state index contributed by atoms with van der Waals surface area (Å²) in [6, 6.07) is 16.8. The van der Waals surface area contributed by atoms with E-state index < -0.39 is 0 Å². The van der Waals surface area contributed by atoms with E-state index in [-0.39, 0.29) is 17.5 Å². The molecule has 0 saturated carbocycles. The highest BCUT2D eigenvalue weighted by molar-refractivity contribution is 7.99. The Balaban J connectivity index is 1.36. The molecule has 8 nitrogen and oxygen atoms in total. The number of rotatable bonds is 5. The Hall–Kier alpha value is -4.23. The molecule has 0 spiro atoms. The lowest BCUT2D eigenvalue weighted by Gasteiger charge is -2.05. The van der Waals surface area contributed by atoms with Gasteiger partial charge in [0.15, 0.2) is 10.8 Å². The maximum atomic E-state index is 13.2. The van der Waals surface area contributed by atoms with Gasteiger partial charge in [-0.15, -0.1) is 10.2 Å². The molecule has 2 aromatic carbocycles.